The largest absolute Gasteiger partial charge is 0.358 e. The molecule has 0 bridgehead atoms. The molecule has 1 atom stereocenters. The van der Waals surface area contributed by atoms with E-state index in [1.807, 2.05) is 0 Å². The zero-order valence-electron chi connectivity index (χ0n) is 9.78. The van der Waals surface area contributed by atoms with E-state index in [4.69, 9.17) is 40.5 Å². The van der Waals surface area contributed by atoms with E-state index >= 15 is 0 Å². The summed E-state index contributed by atoms with van der Waals surface area (Å²) in [5, 5.41) is 11.5. The second kappa shape index (κ2) is 4.83. The predicted octanol–water partition coefficient (Wildman–Crippen LogP) is 3.75. The number of nitro benzene ring substituents is 1. The number of nitro groups is 1. The van der Waals surface area contributed by atoms with Gasteiger partial charge >= 0.3 is 0 Å². The first kappa shape index (κ1) is 14.4. The molecule has 1 heterocycles. The van der Waals surface area contributed by atoms with E-state index in [1.165, 1.54) is 6.07 Å². The van der Waals surface area contributed by atoms with Crippen molar-refractivity contribution in [1.82, 2.24) is 4.98 Å². The van der Waals surface area contributed by atoms with Crippen LogP contribution in [0.3, 0.4) is 0 Å². The number of alkyl halides is 3. The molecule has 2 rings (SSSR count). The van der Waals surface area contributed by atoms with E-state index in [9.17, 15) is 10.1 Å². The molecule has 0 saturated heterocycles. The Morgan fingerprint density at radius 3 is 2.58 bits per heavy atom. The average molecular weight is 323 g/mol. The standard InChI is InChI=1S/C11H10Cl3N3O2/c1-5-8(10(15)11(12,13)14)9-6(16-5)3-2-4-7(9)17(18)19/h2-4,10,16H,15H2,1H3. The molecule has 19 heavy (non-hydrogen) atoms. The van der Waals surface area contributed by atoms with Gasteiger partial charge in [0, 0.05) is 17.3 Å². The van der Waals surface area contributed by atoms with Crippen LogP contribution in [0.1, 0.15) is 17.3 Å². The minimum Gasteiger partial charge on any atom is -0.358 e. The van der Waals surface area contributed by atoms with Crippen molar-refractivity contribution >= 4 is 51.4 Å². The number of rotatable bonds is 2. The Hall–Kier alpha value is -1.01. The fourth-order valence-electron chi connectivity index (χ4n) is 2.09. The van der Waals surface area contributed by atoms with Crippen molar-refractivity contribution in [3.8, 4) is 0 Å². The number of aromatic amines is 1. The molecule has 1 unspecified atom stereocenters. The summed E-state index contributed by atoms with van der Waals surface area (Å²) in [7, 11) is 0. The molecule has 0 amide bonds. The highest BCUT2D eigenvalue weighted by Crippen LogP contribution is 2.43. The van der Waals surface area contributed by atoms with Gasteiger partial charge in [0.05, 0.1) is 21.9 Å². The number of H-pyrrole nitrogens is 1. The highest BCUT2D eigenvalue weighted by Gasteiger charge is 2.35. The molecule has 0 radical (unpaired) electrons. The van der Waals surface area contributed by atoms with Crippen LogP contribution in [0.4, 0.5) is 5.69 Å². The number of aryl methyl sites for hydroxylation is 1. The molecule has 102 valence electrons. The van der Waals surface area contributed by atoms with Crippen molar-refractivity contribution in [3.63, 3.8) is 0 Å². The summed E-state index contributed by atoms with van der Waals surface area (Å²) in [5.41, 5.74) is 7.52. The van der Waals surface area contributed by atoms with Crippen molar-refractivity contribution in [2.45, 2.75) is 16.8 Å². The van der Waals surface area contributed by atoms with E-state index in [1.54, 1.807) is 19.1 Å². The van der Waals surface area contributed by atoms with Gasteiger partial charge in [-0.2, -0.15) is 0 Å². The molecule has 0 aliphatic carbocycles. The second-order valence-corrected chi connectivity index (χ2v) is 6.51. The number of non-ortho nitro benzene ring substituents is 1. The number of hydrogen-bond donors (Lipinski definition) is 2. The second-order valence-electron chi connectivity index (χ2n) is 4.14. The predicted molar refractivity (Wildman–Crippen MR) is 76.9 cm³/mol. The first-order valence-electron chi connectivity index (χ1n) is 5.31. The number of nitrogens with zero attached hydrogens (tertiary/aromatic N) is 1. The van der Waals surface area contributed by atoms with Crippen molar-refractivity contribution in [3.05, 3.63) is 39.6 Å². The van der Waals surface area contributed by atoms with Crippen LogP contribution in [-0.4, -0.2) is 13.7 Å². The molecule has 8 heteroatoms. The first-order valence-corrected chi connectivity index (χ1v) is 6.44. The molecule has 0 spiro atoms. The third-order valence-electron chi connectivity index (χ3n) is 2.90. The maximum Gasteiger partial charge on any atom is 0.279 e. The third-order valence-corrected chi connectivity index (χ3v) is 3.60. The van der Waals surface area contributed by atoms with Crippen LogP contribution in [0.25, 0.3) is 10.9 Å². The van der Waals surface area contributed by atoms with Gasteiger partial charge < -0.3 is 10.7 Å². The number of halogens is 3. The summed E-state index contributed by atoms with van der Waals surface area (Å²) in [4.78, 5) is 13.6. The van der Waals surface area contributed by atoms with Gasteiger partial charge in [-0.25, -0.2) is 0 Å². The molecule has 0 saturated carbocycles. The minimum atomic E-state index is -1.75. The number of aromatic nitrogens is 1. The van der Waals surface area contributed by atoms with E-state index in [0.29, 0.717) is 22.2 Å². The first-order chi connectivity index (χ1) is 8.73. The molecule has 2 aromatic rings. The Bertz CT molecular complexity index is 648. The number of fused-ring (bicyclic) bond motifs is 1. The molecule has 0 aliphatic heterocycles. The number of hydrogen-bond acceptors (Lipinski definition) is 3. The van der Waals surface area contributed by atoms with Crippen LogP contribution in [0, 0.1) is 17.0 Å². The molecule has 3 N–H and O–H groups in total. The van der Waals surface area contributed by atoms with Crippen molar-refractivity contribution in [2.24, 2.45) is 5.73 Å². The lowest BCUT2D eigenvalue weighted by atomic mass is 10.0. The van der Waals surface area contributed by atoms with E-state index < -0.39 is 14.8 Å². The van der Waals surface area contributed by atoms with Crippen LogP contribution in [0.15, 0.2) is 18.2 Å². The SMILES string of the molecule is Cc1[nH]c2cccc([N+](=O)[O-])c2c1C(N)C(Cl)(Cl)Cl. The van der Waals surface area contributed by atoms with E-state index in [2.05, 4.69) is 4.98 Å². The van der Waals surface area contributed by atoms with Gasteiger partial charge in [-0.1, -0.05) is 40.9 Å². The lowest BCUT2D eigenvalue weighted by Gasteiger charge is -2.20. The summed E-state index contributed by atoms with van der Waals surface area (Å²) in [6.07, 6.45) is 0. The van der Waals surface area contributed by atoms with Gasteiger partial charge in [0.15, 0.2) is 0 Å². The molecule has 1 aromatic carbocycles. The van der Waals surface area contributed by atoms with Gasteiger partial charge in [-0.15, -0.1) is 0 Å². The number of benzene rings is 1. The Balaban J connectivity index is 2.80. The van der Waals surface area contributed by atoms with Crippen LogP contribution in [-0.2, 0) is 0 Å². The van der Waals surface area contributed by atoms with Gasteiger partial charge in [-0.05, 0) is 13.0 Å². The molecule has 0 aliphatic rings. The van der Waals surface area contributed by atoms with Crippen LogP contribution in [0.2, 0.25) is 0 Å². The zero-order chi connectivity index (χ0) is 14.4. The van der Waals surface area contributed by atoms with Crippen molar-refractivity contribution in [1.29, 1.82) is 0 Å². The summed E-state index contributed by atoms with van der Waals surface area (Å²) < 4.78 is -1.75. The lowest BCUT2D eigenvalue weighted by Crippen LogP contribution is -2.26. The maximum atomic E-state index is 11.1. The topological polar surface area (TPSA) is 84.9 Å². The molecule has 5 nitrogen and oxygen atoms in total. The Morgan fingerprint density at radius 1 is 1.42 bits per heavy atom. The lowest BCUT2D eigenvalue weighted by molar-refractivity contribution is -0.383. The van der Waals surface area contributed by atoms with E-state index in [0.717, 1.165) is 0 Å². The van der Waals surface area contributed by atoms with Gasteiger partial charge in [0.2, 0.25) is 3.79 Å². The number of nitrogens with two attached hydrogens (primary N) is 1. The molecule has 0 fully saturated rings. The Morgan fingerprint density at radius 2 is 2.05 bits per heavy atom. The van der Waals surface area contributed by atoms with Gasteiger partial charge in [0.25, 0.3) is 5.69 Å². The van der Waals surface area contributed by atoms with Crippen molar-refractivity contribution < 1.29 is 4.92 Å². The smallest absolute Gasteiger partial charge is 0.279 e. The molecular formula is C11H10Cl3N3O2. The quantitative estimate of drug-likeness (QED) is 0.501. The van der Waals surface area contributed by atoms with Gasteiger partial charge in [0.1, 0.15) is 0 Å². The van der Waals surface area contributed by atoms with Gasteiger partial charge in [-0.3, -0.25) is 10.1 Å². The number of nitrogens with one attached hydrogen (secondary N) is 1. The zero-order valence-corrected chi connectivity index (χ0v) is 12.1. The minimum absolute atomic E-state index is 0.0680. The third kappa shape index (κ3) is 2.51. The summed E-state index contributed by atoms with van der Waals surface area (Å²) >= 11 is 17.4. The molecule has 1 aromatic heterocycles. The van der Waals surface area contributed by atoms with E-state index in [-0.39, 0.29) is 5.69 Å². The van der Waals surface area contributed by atoms with Crippen molar-refractivity contribution in [2.75, 3.05) is 0 Å². The summed E-state index contributed by atoms with van der Waals surface area (Å²) in [5.74, 6) is 0. The fourth-order valence-corrected chi connectivity index (χ4v) is 2.42. The van der Waals surface area contributed by atoms with Crippen LogP contribution in [0.5, 0.6) is 0 Å². The summed E-state index contributed by atoms with van der Waals surface area (Å²) in [6.45, 7) is 1.73. The fraction of sp³-hybridized carbons (Fsp3) is 0.273. The molecular weight excluding hydrogens is 312 g/mol. The normalized spacial score (nSPS) is 13.7. The van der Waals surface area contributed by atoms with Crippen LogP contribution >= 0.6 is 34.8 Å². The Labute approximate surface area is 123 Å². The monoisotopic (exact) mass is 321 g/mol. The Kier molecular flexibility index (Phi) is 3.66. The highest BCUT2D eigenvalue weighted by atomic mass is 35.6. The summed E-state index contributed by atoms with van der Waals surface area (Å²) in [6, 6.07) is 3.72. The maximum absolute atomic E-state index is 11.1. The van der Waals surface area contributed by atoms with Crippen LogP contribution < -0.4 is 5.73 Å². The average Bonchev–Trinajstić information content (AvgIpc) is 2.61. The highest BCUT2D eigenvalue weighted by molar-refractivity contribution is 6.68.